The van der Waals surface area contributed by atoms with E-state index >= 15 is 0 Å². The van der Waals surface area contributed by atoms with E-state index in [4.69, 9.17) is 4.74 Å². The van der Waals surface area contributed by atoms with E-state index in [-0.39, 0.29) is 0 Å². The molecule has 2 heterocycles. The molecule has 3 nitrogen and oxygen atoms in total. The summed E-state index contributed by atoms with van der Waals surface area (Å²) in [7, 11) is 0. The van der Waals surface area contributed by atoms with Crippen molar-refractivity contribution in [1.29, 1.82) is 0 Å². The summed E-state index contributed by atoms with van der Waals surface area (Å²) in [5.74, 6) is 0. The predicted molar refractivity (Wildman–Crippen MR) is 69.2 cm³/mol. The first-order valence-electron chi connectivity index (χ1n) is 7.52. The third kappa shape index (κ3) is 2.83. The first-order valence-corrected chi connectivity index (χ1v) is 7.52. The molecule has 1 N–H and O–H groups in total. The average Bonchev–Trinajstić information content (AvgIpc) is 2.69. The van der Waals surface area contributed by atoms with Gasteiger partial charge in [0.25, 0.3) is 0 Å². The molecular formula is C14H26N2O. The third-order valence-electron chi connectivity index (χ3n) is 4.71. The van der Waals surface area contributed by atoms with Crippen LogP contribution in [-0.4, -0.2) is 49.3 Å². The normalized spacial score (nSPS) is 39.9. The summed E-state index contributed by atoms with van der Waals surface area (Å²) in [6.07, 6.45) is 10.1. The smallest absolute Gasteiger partial charge is 0.0730 e. The number of ether oxygens (including phenoxy) is 1. The third-order valence-corrected chi connectivity index (χ3v) is 4.71. The van der Waals surface area contributed by atoms with Gasteiger partial charge >= 0.3 is 0 Å². The zero-order valence-corrected chi connectivity index (χ0v) is 10.9. The molecule has 3 rings (SSSR count). The number of fused-ring (bicyclic) bond motifs is 1. The summed E-state index contributed by atoms with van der Waals surface area (Å²) >= 11 is 0. The molecule has 0 aromatic carbocycles. The Hall–Kier alpha value is -0.120. The van der Waals surface area contributed by atoms with Crippen LogP contribution in [-0.2, 0) is 4.74 Å². The monoisotopic (exact) mass is 238 g/mol. The van der Waals surface area contributed by atoms with Gasteiger partial charge in [-0.15, -0.1) is 0 Å². The molecule has 3 unspecified atom stereocenters. The molecule has 2 aliphatic heterocycles. The molecule has 2 saturated heterocycles. The second kappa shape index (κ2) is 5.68. The maximum atomic E-state index is 5.88. The van der Waals surface area contributed by atoms with E-state index in [2.05, 4.69) is 10.2 Å². The van der Waals surface area contributed by atoms with Crippen molar-refractivity contribution < 1.29 is 4.74 Å². The first kappa shape index (κ1) is 11.9. The van der Waals surface area contributed by atoms with E-state index in [1.807, 2.05) is 0 Å². The summed E-state index contributed by atoms with van der Waals surface area (Å²) in [5, 5.41) is 3.73. The van der Waals surface area contributed by atoms with Gasteiger partial charge < -0.3 is 10.1 Å². The quantitative estimate of drug-likeness (QED) is 0.793. The van der Waals surface area contributed by atoms with Crippen molar-refractivity contribution in [3.8, 4) is 0 Å². The number of hydrogen-bond acceptors (Lipinski definition) is 3. The van der Waals surface area contributed by atoms with Crippen LogP contribution in [0.1, 0.15) is 44.9 Å². The Kier molecular flexibility index (Phi) is 3.99. The van der Waals surface area contributed by atoms with Gasteiger partial charge in [0.1, 0.15) is 0 Å². The van der Waals surface area contributed by atoms with Gasteiger partial charge in [0.15, 0.2) is 0 Å². The number of nitrogens with zero attached hydrogens (tertiary/aromatic N) is 1. The molecule has 0 bridgehead atoms. The van der Waals surface area contributed by atoms with E-state index in [0.29, 0.717) is 6.10 Å². The molecule has 3 atom stereocenters. The molecule has 3 heteroatoms. The Morgan fingerprint density at radius 1 is 1.06 bits per heavy atom. The Morgan fingerprint density at radius 3 is 3.06 bits per heavy atom. The molecule has 1 saturated carbocycles. The van der Waals surface area contributed by atoms with Crippen molar-refractivity contribution >= 4 is 0 Å². The van der Waals surface area contributed by atoms with Gasteiger partial charge in [0.2, 0.25) is 0 Å². The fourth-order valence-electron chi connectivity index (χ4n) is 3.77. The minimum Gasteiger partial charge on any atom is -0.375 e. The van der Waals surface area contributed by atoms with Crippen LogP contribution in [0.3, 0.4) is 0 Å². The Morgan fingerprint density at radius 2 is 2.06 bits per heavy atom. The lowest BCUT2D eigenvalue weighted by Crippen LogP contribution is -2.52. The van der Waals surface area contributed by atoms with Crippen molar-refractivity contribution in [3.05, 3.63) is 0 Å². The van der Waals surface area contributed by atoms with Crippen molar-refractivity contribution in [1.82, 2.24) is 10.2 Å². The zero-order valence-electron chi connectivity index (χ0n) is 10.9. The van der Waals surface area contributed by atoms with Crippen LogP contribution in [0.25, 0.3) is 0 Å². The number of hydrogen-bond donors (Lipinski definition) is 1. The van der Waals surface area contributed by atoms with Crippen LogP contribution in [0.2, 0.25) is 0 Å². The topological polar surface area (TPSA) is 24.5 Å². The summed E-state index contributed by atoms with van der Waals surface area (Å²) in [6, 6.07) is 1.46. The van der Waals surface area contributed by atoms with Gasteiger partial charge in [-0.2, -0.15) is 0 Å². The average molecular weight is 238 g/mol. The lowest BCUT2D eigenvalue weighted by atomic mass is 10.1. The second-order valence-electron chi connectivity index (χ2n) is 5.90. The van der Waals surface area contributed by atoms with Gasteiger partial charge in [-0.05, 0) is 38.6 Å². The molecule has 0 spiro atoms. The van der Waals surface area contributed by atoms with E-state index in [1.165, 1.54) is 58.0 Å². The van der Waals surface area contributed by atoms with Crippen LogP contribution < -0.4 is 5.32 Å². The first-order chi connectivity index (χ1) is 8.43. The molecule has 1 aliphatic carbocycles. The van der Waals surface area contributed by atoms with Crippen LogP contribution >= 0.6 is 0 Å². The highest BCUT2D eigenvalue weighted by atomic mass is 16.5. The highest BCUT2D eigenvalue weighted by Crippen LogP contribution is 2.30. The SMILES string of the molecule is C1CCNC(CN2CCOC3CCCC32)CC1. The molecule has 0 radical (unpaired) electrons. The standard InChI is InChI=1S/C14H26N2O/c1-2-5-12(15-8-3-1)11-16-9-10-17-14-7-4-6-13(14)16/h12-15H,1-11H2. The predicted octanol–water partition coefficient (Wildman–Crippen LogP) is 1.77. The Bertz CT molecular complexity index is 238. The maximum Gasteiger partial charge on any atom is 0.0730 e. The van der Waals surface area contributed by atoms with Gasteiger partial charge in [-0.3, -0.25) is 4.90 Å². The highest BCUT2D eigenvalue weighted by Gasteiger charge is 2.36. The summed E-state index contributed by atoms with van der Waals surface area (Å²) in [4.78, 5) is 2.71. The maximum absolute atomic E-state index is 5.88. The van der Waals surface area contributed by atoms with Crippen LogP contribution in [0.15, 0.2) is 0 Å². The van der Waals surface area contributed by atoms with Crippen LogP contribution in [0.4, 0.5) is 0 Å². The lowest BCUT2D eigenvalue weighted by Gasteiger charge is -2.39. The van der Waals surface area contributed by atoms with E-state index < -0.39 is 0 Å². The largest absolute Gasteiger partial charge is 0.375 e. The summed E-state index contributed by atoms with van der Waals surface area (Å²) < 4.78 is 5.88. The summed E-state index contributed by atoms with van der Waals surface area (Å²) in [6.45, 7) is 4.58. The minimum atomic E-state index is 0.550. The zero-order chi connectivity index (χ0) is 11.5. The molecule has 98 valence electrons. The molecule has 3 fully saturated rings. The number of nitrogens with one attached hydrogen (secondary N) is 1. The van der Waals surface area contributed by atoms with Crippen molar-refractivity contribution in [3.63, 3.8) is 0 Å². The molecule has 3 aliphatic rings. The Labute approximate surface area is 105 Å². The molecule has 17 heavy (non-hydrogen) atoms. The summed E-state index contributed by atoms with van der Waals surface area (Å²) in [5.41, 5.74) is 0. The second-order valence-corrected chi connectivity index (χ2v) is 5.90. The lowest BCUT2D eigenvalue weighted by molar-refractivity contribution is -0.0582. The Balaban J connectivity index is 1.55. The molecule has 0 aromatic heterocycles. The van der Waals surface area contributed by atoms with Gasteiger partial charge in [0, 0.05) is 25.2 Å². The number of morpholine rings is 1. The van der Waals surface area contributed by atoms with E-state index in [1.54, 1.807) is 0 Å². The van der Waals surface area contributed by atoms with Crippen molar-refractivity contribution in [2.75, 3.05) is 26.2 Å². The van der Waals surface area contributed by atoms with Gasteiger partial charge in [-0.25, -0.2) is 0 Å². The molecular weight excluding hydrogens is 212 g/mol. The highest BCUT2D eigenvalue weighted by molar-refractivity contribution is 4.91. The van der Waals surface area contributed by atoms with E-state index in [0.717, 1.165) is 25.2 Å². The van der Waals surface area contributed by atoms with Crippen LogP contribution in [0, 0.1) is 0 Å². The fourth-order valence-corrected chi connectivity index (χ4v) is 3.77. The fraction of sp³-hybridized carbons (Fsp3) is 1.00. The van der Waals surface area contributed by atoms with Crippen molar-refractivity contribution in [2.24, 2.45) is 0 Å². The number of rotatable bonds is 2. The van der Waals surface area contributed by atoms with Gasteiger partial charge in [0.05, 0.1) is 12.7 Å². The van der Waals surface area contributed by atoms with Gasteiger partial charge in [-0.1, -0.05) is 12.8 Å². The van der Waals surface area contributed by atoms with Crippen LogP contribution in [0.5, 0.6) is 0 Å². The minimum absolute atomic E-state index is 0.550. The van der Waals surface area contributed by atoms with Crippen molar-refractivity contribution in [2.45, 2.75) is 63.1 Å². The molecule has 0 aromatic rings. The van der Waals surface area contributed by atoms with E-state index in [9.17, 15) is 0 Å². The molecule has 0 amide bonds.